The number of hydrogen-bond acceptors (Lipinski definition) is 3. The first-order valence-electron chi connectivity index (χ1n) is 12.8. The van der Waals surface area contributed by atoms with E-state index in [9.17, 15) is 9.59 Å². The van der Waals surface area contributed by atoms with Gasteiger partial charge in [-0.3, -0.25) is 14.2 Å². The summed E-state index contributed by atoms with van der Waals surface area (Å²) in [6, 6.07) is 15.2. The smallest absolute Gasteiger partial charge is 0.266 e. The van der Waals surface area contributed by atoms with Gasteiger partial charge in [0.1, 0.15) is 5.82 Å². The zero-order valence-electron chi connectivity index (χ0n) is 21.0. The number of para-hydroxylation sites is 2. The zero-order chi connectivity index (χ0) is 24.2. The van der Waals surface area contributed by atoms with Gasteiger partial charge in [0.25, 0.3) is 5.56 Å². The van der Waals surface area contributed by atoms with Crippen molar-refractivity contribution in [3.63, 3.8) is 0 Å². The predicted octanol–water partition coefficient (Wildman–Crippen LogP) is 6.07. The summed E-state index contributed by atoms with van der Waals surface area (Å²) in [5.41, 5.74) is 2.53. The number of rotatable bonds is 7. The quantitative estimate of drug-likeness (QED) is 0.431. The molecule has 1 aliphatic rings. The fraction of sp³-hybridized carbons (Fsp3) is 0.483. The molecule has 4 rings (SSSR count). The van der Waals surface area contributed by atoms with Crippen LogP contribution in [0.2, 0.25) is 0 Å². The van der Waals surface area contributed by atoms with Gasteiger partial charge in [-0.15, -0.1) is 0 Å². The van der Waals surface area contributed by atoms with Crippen LogP contribution in [0.25, 0.3) is 16.6 Å². The lowest BCUT2D eigenvalue weighted by atomic mass is 9.87. The van der Waals surface area contributed by atoms with Gasteiger partial charge in [-0.1, -0.05) is 70.4 Å². The molecule has 1 aromatic heterocycles. The number of aryl methyl sites for hydroxylation is 1. The lowest BCUT2D eigenvalue weighted by Crippen LogP contribution is -2.43. The van der Waals surface area contributed by atoms with E-state index in [2.05, 4.69) is 26.8 Å². The highest BCUT2D eigenvalue weighted by atomic mass is 16.2. The molecule has 5 heteroatoms. The van der Waals surface area contributed by atoms with Crippen molar-refractivity contribution in [3.8, 4) is 5.69 Å². The van der Waals surface area contributed by atoms with Crippen LogP contribution in [0.5, 0.6) is 0 Å². The van der Waals surface area contributed by atoms with Crippen LogP contribution in [-0.4, -0.2) is 26.9 Å². The van der Waals surface area contributed by atoms with Gasteiger partial charge in [0.05, 0.1) is 22.6 Å². The molecule has 0 N–H and O–H groups in total. The van der Waals surface area contributed by atoms with Crippen molar-refractivity contribution < 1.29 is 4.79 Å². The molecule has 0 radical (unpaired) electrons. The maximum atomic E-state index is 13.9. The second-order valence-corrected chi connectivity index (χ2v) is 10.0. The fourth-order valence-corrected chi connectivity index (χ4v) is 5.25. The maximum absolute atomic E-state index is 13.9. The van der Waals surface area contributed by atoms with Crippen molar-refractivity contribution in [1.29, 1.82) is 0 Å². The SMILES string of the molecule is CCc1ccccc1-n1c(C(C)N(CC(C)C)C(=O)C2CCCCC2)nc2ccccc2c1=O. The summed E-state index contributed by atoms with van der Waals surface area (Å²) in [6.07, 6.45) is 6.16. The third-order valence-corrected chi connectivity index (χ3v) is 7.06. The lowest BCUT2D eigenvalue weighted by Gasteiger charge is -2.35. The highest BCUT2D eigenvalue weighted by molar-refractivity contribution is 5.80. The first-order chi connectivity index (χ1) is 16.4. The van der Waals surface area contributed by atoms with Crippen molar-refractivity contribution in [3.05, 3.63) is 70.3 Å². The van der Waals surface area contributed by atoms with Crippen molar-refractivity contribution >= 4 is 16.8 Å². The Morgan fingerprint density at radius 3 is 2.41 bits per heavy atom. The molecule has 2 aromatic carbocycles. The van der Waals surface area contributed by atoms with Gasteiger partial charge < -0.3 is 4.90 Å². The third-order valence-electron chi connectivity index (χ3n) is 7.06. The second kappa shape index (κ2) is 10.5. The first-order valence-corrected chi connectivity index (χ1v) is 12.8. The normalized spacial score (nSPS) is 15.6. The van der Waals surface area contributed by atoms with Gasteiger partial charge in [-0.25, -0.2) is 4.98 Å². The fourth-order valence-electron chi connectivity index (χ4n) is 5.25. The van der Waals surface area contributed by atoms with E-state index >= 15 is 0 Å². The Labute approximate surface area is 202 Å². The summed E-state index contributed by atoms with van der Waals surface area (Å²) >= 11 is 0. The van der Waals surface area contributed by atoms with Crippen molar-refractivity contribution in [2.75, 3.05) is 6.54 Å². The molecule has 1 saturated carbocycles. The molecule has 1 heterocycles. The average molecular weight is 460 g/mol. The Morgan fingerprint density at radius 2 is 1.71 bits per heavy atom. The van der Waals surface area contributed by atoms with E-state index in [1.165, 1.54) is 6.42 Å². The van der Waals surface area contributed by atoms with E-state index in [4.69, 9.17) is 4.98 Å². The molecule has 0 bridgehead atoms. The number of amides is 1. The molecule has 1 unspecified atom stereocenters. The molecule has 1 atom stereocenters. The predicted molar refractivity (Wildman–Crippen MR) is 138 cm³/mol. The van der Waals surface area contributed by atoms with Crippen LogP contribution in [-0.2, 0) is 11.2 Å². The largest absolute Gasteiger partial charge is 0.332 e. The topological polar surface area (TPSA) is 55.2 Å². The molecule has 1 amide bonds. The van der Waals surface area contributed by atoms with Gasteiger partial charge in [0.15, 0.2) is 0 Å². The van der Waals surface area contributed by atoms with Crippen molar-refractivity contribution in [2.45, 2.75) is 72.3 Å². The molecule has 0 saturated heterocycles. The van der Waals surface area contributed by atoms with Crippen LogP contribution in [0.4, 0.5) is 0 Å². The van der Waals surface area contributed by atoms with Crippen molar-refractivity contribution in [1.82, 2.24) is 14.5 Å². The van der Waals surface area contributed by atoms with Crippen LogP contribution in [0.15, 0.2) is 53.3 Å². The second-order valence-electron chi connectivity index (χ2n) is 10.0. The Bertz CT molecular complexity index is 1210. The molecule has 5 nitrogen and oxygen atoms in total. The van der Waals surface area contributed by atoms with Gasteiger partial charge in [-0.2, -0.15) is 0 Å². The number of carbonyl (C=O) groups excluding carboxylic acids is 1. The molecule has 34 heavy (non-hydrogen) atoms. The van der Waals surface area contributed by atoms with Crippen LogP contribution in [0.3, 0.4) is 0 Å². The summed E-state index contributed by atoms with van der Waals surface area (Å²) in [5, 5.41) is 0.596. The molecule has 3 aromatic rings. The zero-order valence-corrected chi connectivity index (χ0v) is 21.0. The number of benzene rings is 2. The summed E-state index contributed by atoms with van der Waals surface area (Å²) in [7, 11) is 0. The highest BCUT2D eigenvalue weighted by Gasteiger charge is 2.32. The lowest BCUT2D eigenvalue weighted by molar-refractivity contribution is -0.139. The number of carbonyl (C=O) groups is 1. The first kappa shape index (κ1) is 24.2. The van der Waals surface area contributed by atoms with Crippen LogP contribution >= 0.6 is 0 Å². The molecule has 0 aliphatic heterocycles. The highest BCUT2D eigenvalue weighted by Crippen LogP contribution is 2.31. The van der Waals surface area contributed by atoms with Crippen molar-refractivity contribution in [2.24, 2.45) is 11.8 Å². The van der Waals surface area contributed by atoms with Gasteiger partial charge in [0.2, 0.25) is 5.91 Å². The van der Waals surface area contributed by atoms with E-state index < -0.39 is 0 Å². The average Bonchev–Trinajstić information content (AvgIpc) is 2.87. The number of hydrogen-bond donors (Lipinski definition) is 0. The van der Waals surface area contributed by atoms with E-state index in [0.717, 1.165) is 43.4 Å². The van der Waals surface area contributed by atoms with Gasteiger partial charge in [-0.05, 0) is 55.9 Å². The van der Waals surface area contributed by atoms with Crippen LogP contribution < -0.4 is 5.56 Å². The molecule has 180 valence electrons. The van der Waals surface area contributed by atoms with Gasteiger partial charge in [0, 0.05) is 12.5 Å². The third kappa shape index (κ3) is 4.79. The van der Waals surface area contributed by atoms with E-state index in [1.54, 1.807) is 4.57 Å². The molecule has 1 fully saturated rings. The minimum atomic E-state index is -0.320. The molecule has 1 aliphatic carbocycles. The Kier molecular flexibility index (Phi) is 7.50. The number of nitrogens with zero attached hydrogens (tertiary/aromatic N) is 3. The summed E-state index contributed by atoms with van der Waals surface area (Å²) in [4.78, 5) is 34.6. The number of aromatic nitrogens is 2. The molecule has 0 spiro atoms. The summed E-state index contributed by atoms with van der Waals surface area (Å²) < 4.78 is 1.76. The minimum absolute atomic E-state index is 0.0681. The Hall–Kier alpha value is -2.95. The number of fused-ring (bicyclic) bond motifs is 1. The standard InChI is InChI=1S/C29H37N3O2/c1-5-22-13-9-12-18-26(22)32-27(30-25-17-11-10-16-24(25)29(32)34)21(4)31(19-20(2)3)28(33)23-14-7-6-8-15-23/h9-13,16-18,20-21,23H,5-8,14-15,19H2,1-4H3. The maximum Gasteiger partial charge on any atom is 0.266 e. The van der Waals surface area contributed by atoms with Crippen LogP contribution in [0.1, 0.15) is 77.2 Å². The minimum Gasteiger partial charge on any atom is -0.332 e. The Balaban J connectivity index is 1.90. The van der Waals surface area contributed by atoms with E-state index in [1.807, 2.05) is 54.3 Å². The molecular weight excluding hydrogens is 422 g/mol. The monoisotopic (exact) mass is 459 g/mol. The van der Waals surface area contributed by atoms with E-state index in [-0.39, 0.29) is 23.4 Å². The van der Waals surface area contributed by atoms with Gasteiger partial charge >= 0.3 is 0 Å². The van der Waals surface area contributed by atoms with Crippen LogP contribution in [0, 0.1) is 11.8 Å². The van der Waals surface area contributed by atoms with E-state index in [0.29, 0.717) is 29.2 Å². The molecular formula is C29H37N3O2. The summed E-state index contributed by atoms with van der Waals surface area (Å²) in [6.45, 7) is 9.06. The Morgan fingerprint density at radius 1 is 1.03 bits per heavy atom. The summed E-state index contributed by atoms with van der Waals surface area (Å²) in [5.74, 6) is 1.23.